The summed E-state index contributed by atoms with van der Waals surface area (Å²) in [6.07, 6.45) is 2.26. The first-order valence-electron chi connectivity index (χ1n) is 7.13. The van der Waals surface area contributed by atoms with E-state index >= 15 is 0 Å². The molecular formula is C16H20N2O3. The Morgan fingerprint density at radius 2 is 2.38 bits per heavy atom. The van der Waals surface area contributed by atoms with Crippen LogP contribution >= 0.6 is 0 Å². The summed E-state index contributed by atoms with van der Waals surface area (Å²) < 4.78 is 5.22. The first-order valence-corrected chi connectivity index (χ1v) is 7.13. The van der Waals surface area contributed by atoms with Gasteiger partial charge >= 0.3 is 5.97 Å². The van der Waals surface area contributed by atoms with Crippen LogP contribution < -0.4 is 4.74 Å². The van der Waals surface area contributed by atoms with Gasteiger partial charge in [0.2, 0.25) is 0 Å². The van der Waals surface area contributed by atoms with Crippen molar-refractivity contribution in [2.45, 2.75) is 25.8 Å². The lowest BCUT2D eigenvalue weighted by molar-refractivity contribution is -0.138. The van der Waals surface area contributed by atoms with Crippen molar-refractivity contribution in [3.05, 3.63) is 29.3 Å². The molecule has 1 aliphatic heterocycles. The number of benzene rings is 1. The predicted octanol–water partition coefficient (Wildman–Crippen LogP) is 2.25. The van der Waals surface area contributed by atoms with Crippen LogP contribution in [0.25, 0.3) is 0 Å². The van der Waals surface area contributed by atoms with Gasteiger partial charge in [0.05, 0.1) is 12.7 Å². The fourth-order valence-corrected chi connectivity index (χ4v) is 2.89. The van der Waals surface area contributed by atoms with Crippen LogP contribution in [-0.2, 0) is 11.3 Å². The molecule has 5 nitrogen and oxygen atoms in total. The Kier molecular flexibility index (Phi) is 5.18. The molecule has 0 aliphatic carbocycles. The minimum absolute atomic E-state index is 0.233. The number of hydrogen-bond acceptors (Lipinski definition) is 4. The van der Waals surface area contributed by atoms with Crippen molar-refractivity contribution in [2.75, 3.05) is 20.2 Å². The van der Waals surface area contributed by atoms with Crippen LogP contribution in [0.3, 0.4) is 0 Å². The van der Waals surface area contributed by atoms with Crippen molar-refractivity contribution < 1.29 is 14.6 Å². The fraction of sp³-hybridized carbons (Fsp3) is 0.500. The van der Waals surface area contributed by atoms with Gasteiger partial charge in [0.25, 0.3) is 0 Å². The number of piperidine rings is 1. The van der Waals surface area contributed by atoms with E-state index in [9.17, 15) is 4.79 Å². The standard InChI is InChI=1S/C16H20N2O3/c1-21-15-7-13(4-5-14(15)9-17)11-18-6-2-3-12(10-18)8-16(19)20/h4-5,7,12H,2-3,6,8,10-11H2,1H3,(H,19,20). The average molecular weight is 288 g/mol. The lowest BCUT2D eigenvalue weighted by atomic mass is 9.94. The molecule has 5 heteroatoms. The van der Waals surface area contributed by atoms with Crippen LogP contribution in [0.5, 0.6) is 5.75 Å². The summed E-state index contributed by atoms with van der Waals surface area (Å²) >= 11 is 0. The summed E-state index contributed by atoms with van der Waals surface area (Å²) in [5.74, 6) is 0.104. The van der Waals surface area contributed by atoms with Gasteiger partial charge in [0.1, 0.15) is 11.8 Å². The summed E-state index contributed by atoms with van der Waals surface area (Å²) in [6, 6.07) is 7.69. The number of nitrogens with zero attached hydrogens (tertiary/aromatic N) is 2. The topological polar surface area (TPSA) is 73.6 Å². The van der Waals surface area contributed by atoms with E-state index in [0.717, 1.165) is 38.0 Å². The molecule has 1 atom stereocenters. The van der Waals surface area contributed by atoms with Crippen molar-refractivity contribution in [1.82, 2.24) is 4.90 Å². The second kappa shape index (κ2) is 7.09. The Balaban J connectivity index is 2.01. The second-order valence-electron chi connectivity index (χ2n) is 5.49. The molecule has 0 saturated carbocycles. The van der Waals surface area contributed by atoms with Crippen LogP contribution in [0.2, 0.25) is 0 Å². The van der Waals surface area contributed by atoms with Gasteiger partial charge in [-0.3, -0.25) is 9.69 Å². The molecule has 2 rings (SSSR count). The fourth-order valence-electron chi connectivity index (χ4n) is 2.89. The zero-order valence-electron chi connectivity index (χ0n) is 12.2. The Labute approximate surface area is 124 Å². The van der Waals surface area contributed by atoms with E-state index in [4.69, 9.17) is 15.1 Å². The lowest BCUT2D eigenvalue weighted by Crippen LogP contribution is -2.35. The smallest absolute Gasteiger partial charge is 0.303 e. The van der Waals surface area contributed by atoms with Gasteiger partial charge in [-0.1, -0.05) is 6.07 Å². The number of carbonyl (C=O) groups is 1. The maximum absolute atomic E-state index is 10.8. The molecule has 21 heavy (non-hydrogen) atoms. The first-order chi connectivity index (χ1) is 10.1. The zero-order valence-corrected chi connectivity index (χ0v) is 12.2. The van der Waals surface area contributed by atoms with E-state index < -0.39 is 5.97 Å². The summed E-state index contributed by atoms with van der Waals surface area (Å²) in [5, 5.41) is 17.9. The normalized spacial score (nSPS) is 19.0. The number of ether oxygens (including phenoxy) is 1. The minimum atomic E-state index is -0.720. The average Bonchev–Trinajstić information content (AvgIpc) is 2.46. The van der Waals surface area contributed by atoms with Gasteiger partial charge in [-0.2, -0.15) is 5.26 Å². The Hall–Kier alpha value is -2.06. The van der Waals surface area contributed by atoms with E-state index in [-0.39, 0.29) is 12.3 Å². The highest BCUT2D eigenvalue weighted by molar-refractivity contribution is 5.67. The summed E-state index contributed by atoms with van der Waals surface area (Å²) in [7, 11) is 1.56. The van der Waals surface area contributed by atoms with Gasteiger partial charge in [0.15, 0.2) is 0 Å². The Morgan fingerprint density at radius 3 is 3.05 bits per heavy atom. The van der Waals surface area contributed by atoms with E-state index in [1.807, 2.05) is 12.1 Å². The third-order valence-electron chi connectivity index (χ3n) is 3.86. The Bertz CT molecular complexity index is 551. The van der Waals surface area contributed by atoms with Crippen LogP contribution in [0.1, 0.15) is 30.4 Å². The third-order valence-corrected chi connectivity index (χ3v) is 3.86. The molecule has 1 heterocycles. The number of carboxylic acids is 1. The molecule has 0 amide bonds. The molecule has 1 fully saturated rings. The molecule has 1 saturated heterocycles. The predicted molar refractivity (Wildman–Crippen MR) is 78.0 cm³/mol. The summed E-state index contributed by atoms with van der Waals surface area (Å²) in [4.78, 5) is 13.1. The van der Waals surface area contributed by atoms with Crippen molar-refractivity contribution in [3.8, 4) is 11.8 Å². The van der Waals surface area contributed by atoms with Crippen LogP contribution in [0.4, 0.5) is 0 Å². The second-order valence-corrected chi connectivity index (χ2v) is 5.49. The maximum atomic E-state index is 10.8. The van der Waals surface area contributed by atoms with Crippen LogP contribution in [-0.4, -0.2) is 36.2 Å². The molecule has 1 aromatic carbocycles. The molecule has 1 aliphatic rings. The highest BCUT2D eigenvalue weighted by Crippen LogP contribution is 2.24. The number of carboxylic acid groups (broad SMARTS) is 1. The molecule has 0 aromatic heterocycles. The van der Waals surface area contributed by atoms with Crippen molar-refractivity contribution >= 4 is 5.97 Å². The quantitative estimate of drug-likeness (QED) is 0.899. The molecule has 0 radical (unpaired) electrons. The molecule has 0 bridgehead atoms. The summed E-state index contributed by atoms with van der Waals surface area (Å²) in [5.41, 5.74) is 1.62. The third kappa shape index (κ3) is 4.20. The lowest BCUT2D eigenvalue weighted by Gasteiger charge is -2.32. The van der Waals surface area contributed by atoms with E-state index in [1.54, 1.807) is 13.2 Å². The van der Waals surface area contributed by atoms with Crippen LogP contribution in [0, 0.1) is 17.2 Å². The monoisotopic (exact) mass is 288 g/mol. The van der Waals surface area contributed by atoms with E-state index in [1.165, 1.54) is 0 Å². The zero-order chi connectivity index (χ0) is 15.2. The number of aliphatic carboxylic acids is 1. The summed E-state index contributed by atoms with van der Waals surface area (Å²) in [6.45, 7) is 2.56. The molecule has 1 unspecified atom stereocenters. The largest absolute Gasteiger partial charge is 0.495 e. The van der Waals surface area contributed by atoms with Gasteiger partial charge < -0.3 is 9.84 Å². The highest BCUT2D eigenvalue weighted by atomic mass is 16.5. The minimum Gasteiger partial charge on any atom is -0.495 e. The van der Waals surface area contributed by atoms with Gasteiger partial charge in [-0.05, 0) is 43.0 Å². The molecule has 1 aromatic rings. The number of methoxy groups -OCH3 is 1. The van der Waals surface area contributed by atoms with Crippen LogP contribution in [0.15, 0.2) is 18.2 Å². The van der Waals surface area contributed by atoms with Gasteiger partial charge in [-0.25, -0.2) is 0 Å². The first kappa shape index (κ1) is 15.3. The number of rotatable bonds is 5. The van der Waals surface area contributed by atoms with Crippen molar-refractivity contribution in [1.29, 1.82) is 5.26 Å². The van der Waals surface area contributed by atoms with E-state index in [2.05, 4.69) is 11.0 Å². The van der Waals surface area contributed by atoms with Crippen molar-refractivity contribution in [3.63, 3.8) is 0 Å². The maximum Gasteiger partial charge on any atom is 0.303 e. The van der Waals surface area contributed by atoms with E-state index in [0.29, 0.717) is 11.3 Å². The molecule has 112 valence electrons. The number of likely N-dealkylation sites (tertiary alicyclic amines) is 1. The highest BCUT2D eigenvalue weighted by Gasteiger charge is 2.22. The molecule has 0 spiro atoms. The van der Waals surface area contributed by atoms with Gasteiger partial charge in [0, 0.05) is 19.5 Å². The molecule has 1 N–H and O–H groups in total. The number of hydrogen-bond donors (Lipinski definition) is 1. The Morgan fingerprint density at radius 1 is 1.57 bits per heavy atom. The number of nitriles is 1. The van der Waals surface area contributed by atoms with Crippen molar-refractivity contribution in [2.24, 2.45) is 5.92 Å². The molecular weight excluding hydrogens is 268 g/mol. The van der Waals surface area contributed by atoms with Gasteiger partial charge in [-0.15, -0.1) is 0 Å². The SMILES string of the molecule is COc1cc(CN2CCCC(CC(=O)O)C2)ccc1C#N.